The van der Waals surface area contributed by atoms with E-state index in [-0.39, 0.29) is 13.1 Å². The van der Waals surface area contributed by atoms with Crippen molar-refractivity contribution in [2.75, 3.05) is 11.9 Å². The van der Waals surface area contributed by atoms with Crippen LogP contribution in [0.2, 0.25) is 0 Å². The molecule has 0 bridgehead atoms. The molecule has 0 radical (unpaired) electrons. The van der Waals surface area contributed by atoms with Crippen molar-refractivity contribution >= 4 is 45.2 Å². The average molecular weight is 481 g/mol. The van der Waals surface area contributed by atoms with E-state index in [2.05, 4.69) is 20.8 Å². The lowest BCUT2D eigenvalue weighted by molar-refractivity contribution is -0.121. The molecule has 0 spiro atoms. The number of hydrogen-bond donors (Lipinski definition) is 2. The van der Waals surface area contributed by atoms with Crippen molar-refractivity contribution < 1.29 is 14.4 Å². The van der Waals surface area contributed by atoms with Crippen molar-refractivity contribution in [3.05, 3.63) is 63.5 Å². The molecule has 10 nitrogen and oxygen atoms in total. The molecule has 0 saturated carbocycles. The van der Waals surface area contributed by atoms with Crippen LogP contribution in [-0.2, 0) is 11.3 Å². The van der Waals surface area contributed by atoms with Crippen molar-refractivity contribution in [1.29, 1.82) is 0 Å². The number of thiazole rings is 1. The number of urea groups is 2. The van der Waals surface area contributed by atoms with Gasteiger partial charge < -0.3 is 5.32 Å². The van der Waals surface area contributed by atoms with Crippen LogP contribution < -0.4 is 10.6 Å². The van der Waals surface area contributed by atoms with Gasteiger partial charge in [0.25, 0.3) is 5.91 Å². The van der Waals surface area contributed by atoms with Gasteiger partial charge in [0.2, 0.25) is 0 Å². The molecule has 5 amide bonds. The Hall–Kier alpha value is -3.86. The highest BCUT2D eigenvalue weighted by molar-refractivity contribution is 7.18. The maximum absolute atomic E-state index is 13.4. The van der Waals surface area contributed by atoms with Crippen LogP contribution in [-0.4, -0.2) is 45.6 Å². The van der Waals surface area contributed by atoms with E-state index < -0.39 is 30.2 Å². The van der Waals surface area contributed by atoms with E-state index >= 15 is 0 Å². The van der Waals surface area contributed by atoms with Crippen LogP contribution in [0.3, 0.4) is 0 Å². The van der Waals surface area contributed by atoms with E-state index in [1.54, 1.807) is 11.3 Å². The lowest BCUT2D eigenvalue weighted by Gasteiger charge is -2.41. The molecule has 3 aromatic rings. The Morgan fingerprint density at radius 3 is 2.65 bits per heavy atom. The normalized spacial score (nSPS) is 17.0. The van der Waals surface area contributed by atoms with Crippen molar-refractivity contribution in [1.82, 2.24) is 20.1 Å². The Balaban J connectivity index is 1.61. The molecule has 1 unspecified atom stereocenters. The SMILES string of the molecule is Cc1ccc(CN2C(=O)N(C[C@H](C)C(=O)N=O)C(=O)NC2Nc2ccc3nc(C)sc3c2)cc1. The fraction of sp³-hybridized carbons (Fsp3) is 0.304. The molecule has 1 aliphatic rings. The van der Waals surface area contributed by atoms with Gasteiger partial charge in [0.1, 0.15) is 0 Å². The molecule has 1 fully saturated rings. The van der Waals surface area contributed by atoms with Crippen molar-refractivity contribution in [2.45, 2.75) is 33.6 Å². The summed E-state index contributed by atoms with van der Waals surface area (Å²) in [4.78, 5) is 55.3. The predicted octanol–water partition coefficient (Wildman–Crippen LogP) is 4.19. The molecule has 2 heterocycles. The maximum atomic E-state index is 13.4. The van der Waals surface area contributed by atoms with Crippen molar-refractivity contribution in [2.24, 2.45) is 11.1 Å². The van der Waals surface area contributed by atoms with Crippen molar-refractivity contribution in [3.63, 3.8) is 0 Å². The first-order valence-corrected chi connectivity index (χ1v) is 11.5. The molecule has 2 aromatic carbocycles. The number of nitrogens with one attached hydrogen (secondary N) is 2. The van der Waals surface area contributed by atoms with Gasteiger partial charge in [0.05, 0.1) is 27.7 Å². The van der Waals surface area contributed by atoms with Gasteiger partial charge in [-0.15, -0.1) is 16.2 Å². The lowest BCUT2D eigenvalue weighted by Crippen LogP contribution is -2.67. The summed E-state index contributed by atoms with van der Waals surface area (Å²) >= 11 is 1.55. The predicted molar refractivity (Wildman–Crippen MR) is 129 cm³/mol. The average Bonchev–Trinajstić information content (AvgIpc) is 3.19. The van der Waals surface area contributed by atoms with E-state index in [9.17, 15) is 19.3 Å². The van der Waals surface area contributed by atoms with Gasteiger partial charge in [-0.1, -0.05) is 36.8 Å². The van der Waals surface area contributed by atoms with E-state index in [1.165, 1.54) is 11.8 Å². The zero-order valence-electron chi connectivity index (χ0n) is 18.9. The second-order valence-corrected chi connectivity index (χ2v) is 9.48. The van der Waals surface area contributed by atoms with E-state index in [0.29, 0.717) is 5.69 Å². The number of imide groups is 1. The molecule has 1 aliphatic heterocycles. The topological polar surface area (TPSA) is 124 Å². The van der Waals surface area contributed by atoms with Crippen LogP contribution in [0.15, 0.2) is 47.6 Å². The third kappa shape index (κ3) is 4.88. The third-order valence-corrected chi connectivity index (χ3v) is 6.47. The standard InChI is InChI=1S/C23H24N6O4S/c1-13-4-6-16(7-5-13)12-28-21(25-17-8-9-18-19(10-17)34-15(3)24-18)26-22(31)29(23(28)32)11-14(2)20(30)27-33/h4-10,14,21,25H,11-12H2,1-3H3,(H,26,31)/t14-,21?/m0/s1. The number of anilines is 1. The van der Waals surface area contributed by atoms with Crippen LogP contribution in [0.25, 0.3) is 10.2 Å². The number of nitrogens with zero attached hydrogens (tertiary/aromatic N) is 4. The number of benzene rings is 2. The number of aromatic nitrogens is 1. The van der Waals surface area contributed by atoms with Crippen LogP contribution in [0, 0.1) is 24.7 Å². The van der Waals surface area contributed by atoms with Gasteiger partial charge in [0, 0.05) is 17.4 Å². The highest BCUT2D eigenvalue weighted by Gasteiger charge is 2.39. The molecular formula is C23H24N6O4S. The lowest BCUT2D eigenvalue weighted by atomic mass is 10.1. The summed E-state index contributed by atoms with van der Waals surface area (Å²) in [5.41, 5.74) is 3.54. The highest BCUT2D eigenvalue weighted by Crippen LogP contribution is 2.26. The molecule has 0 aliphatic carbocycles. The van der Waals surface area contributed by atoms with Gasteiger partial charge in [0.15, 0.2) is 6.29 Å². The Labute approximate surface area is 199 Å². The van der Waals surface area contributed by atoms with Crippen molar-refractivity contribution in [3.8, 4) is 0 Å². The molecule has 34 heavy (non-hydrogen) atoms. The fourth-order valence-electron chi connectivity index (χ4n) is 3.68. The minimum atomic E-state index is -0.918. The summed E-state index contributed by atoms with van der Waals surface area (Å²) in [7, 11) is 0. The second kappa shape index (κ2) is 9.56. The number of aryl methyl sites for hydroxylation is 2. The van der Waals surface area contributed by atoms with Crippen LogP contribution in [0.1, 0.15) is 23.1 Å². The molecule has 11 heteroatoms. The number of carbonyl (C=O) groups excluding carboxylic acids is 3. The highest BCUT2D eigenvalue weighted by atomic mass is 32.1. The summed E-state index contributed by atoms with van der Waals surface area (Å²) in [6.45, 7) is 5.31. The molecule has 1 saturated heterocycles. The zero-order valence-corrected chi connectivity index (χ0v) is 19.8. The molecule has 176 valence electrons. The first-order valence-electron chi connectivity index (χ1n) is 10.7. The number of carbonyl (C=O) groups is 3. The third-order valence-electron chi connectivity index (χ3n) is 5.53. The van der Waals surface area contributed by atoms with Crippen LogP contribution >= 0.6 is 11.3 Å². The molecule has 1 aromatic heterocycles. The Kier molecular flexibility index (Phi) is 6.55. The summed E-state index contributed by atoms with van der Waals surface area (Å²) in [5, 5.41) is 9.36. The summed E-state index contributed by atoms with van der Waals surface area (Å²) in [6.07, 6.45) is -0.834. The monoisotopic (exact) mass is 480 g/mol. The number of rotatable bonds is 7. The van der Waals surface area contributed by atoms with Gasteiger partial charge in [-0.05, 0) is 37.6 Å². The Bertz CT molecular complexity index is 1260. The number of amides is 5. The Morgan fingerprint density at radius 2 is 1.94 bits per heavy atom. The maximum Gasteiger partial charge on any atom is 0.331 e. The van der Waals surface area contributed by atoms with E-state index in [4.69, 9.17) is 0 Å². The number of nitroso groups, excluding NO2 is 1. The van der Waals surface area contributed by atoms with Gasteiger partial charge >= 0.3 is 12.1 Å². The zero-order chi connectivity index (χ0) is 24.4. The first kappa shape index (κ1) is 23.3. The summed E-state index contributed by atoms with van der Waals surface area (Å²) in [6, 6.07) is 12.1. The summed E-state index contributed by atoms with van der Waals surface area (Å²) < 4.78 is 0.983. The number of hydrogen-bond acceptors (Lipinski definition) is 7. The Morgan fingerprint density at radius 1 is 1.21 bits per heavy atom. The second-order valence-electron chi connectivity index (χ2n) is 8.25. The summed E-state index contributed by atoms with van der Waals surface area (Å²) in [5.74, 6) is -1.83. The first-order chi connectivity index (χ1) is 16.2. The van der Waals surface area contributed by atoms with Crippen LogP contribution in [0.4, 0.5) is 15.3 Å². The molecule has 2 N–H and O–H groups in total. The number of fused-ring (bicyclic) bond motifs is 1. The fourth-order valence-corrected chi connectivity index (χ4v) is 4.55. The molecule has 4 rings (SSSR count). The van der Waals surface area contributed by atoms with Gasteiger partial charge in [-0.25, -0.2) is 19.5 Å². The minimum Gasteiger partial charge on any atom is -0.348 e. The smallest absolute Gasteiger partial charge is 0.331 e. The van der Waals surface area contributed by atoms with Crippen LogP contribution in [0.5, 0.6) is 0 Å². The molecule has 2 atom stereocenters. The van der Waals surface area contributed by atoms with Gasteiger partial charge in [-0.3, -0.25) is 15.0 Å². The minimum absolute atomic E-state index is 0.212. The van der Waals surface area contributed by atoms with Gasteiger partial charge in [-0.2, -0.15) is 0 Å². The largest absolute Gasteiger partial charge is 0.348 e. The van der Waals surface area contributed by atoms with E-state index in [1.807, 2.05) is 56.3 Å². The van der Waals surface area contributed by atoms with E-state index in [0.717, 1.165) is 31.3 Å². The molecular weight excluding hydrogens is 456 g/mol. The quantitative estimate of drug-likeness (QED) is 0.489.